The second-order valence-electron chi connectivity index (χ2n) is 7.36. The smallest absolute Gasteiger partial charge is 0.362 e. The van der Waals surface area contributed by atoms with Crippen molar-refractivity contribution >= 4 is 17.6 Å². The quantitative estimate of drug-likeness (QED) is 0.529. The summed E-state index contributed by atoms with van der Waals surface area (Å²) in [5.74, 6) is -0.304. The van der Waals surface area contributed by atoms with Gasteiger partial charge in [0.2, 0.25) is 5.69 Å². The predicted octanol–water partition coefficient (Wildman–Crippen LogP) is 2.51. The fourth-order valence-corrected chi connectivity index (χ4v) is 3.22. The zero-order valence-corrected chi connectivity index (χ0v) is 18.7. The van der Waals surface area contributed by atoms with E-state index in [1.807, 2.05) is 19.1 Å². The van der Waals surface area contributed by atoms with Crippen LogP contribution in [0.2, 0.25) is 0 Å². The average Bonchev–Trinajstić information content (AvgIpc) is 2.83. The SMILES string of the molecule is CCOC(=O)c1nn(-c2ccc(C)cc2)c(=O)cc1OCC(=O)Nc1ccc2c(c1)OCCO2. The Labute approximate surface area is 195 Å². The third-order valence-corrected chi connectivity index (χ3v) is 4.83. The highest BCUT2D eigenvalue weighted by Crippen LogP contribution is 2.32. The van der Waals surface area contributed by atoms with E-state index in [2.05, 4.69) is 10.4 Å². The van der Waals surface area contributed by atoms with Crippen LogP contribution in [0.4, 0.5) is 5.69 Å². The number of nitrogens with one attached hydrogen (secondary N) is 1. The van der Waals surface area contributed by atoms with Crippen LogP contribution in [-0.2, 0) is 9.53 Å². The molecule has 1 aliphatic rings. The average molecular weight is 465 g/mol. The van der Waals surface area contributed by atoms with Gasteiger partial charge in [0, 0.05) is 11.8 Å². The number of esters is 1. The number of carbonyl (C=O) groups is 2. The number of anilines is 1. The molecule has 0 saturated carbocycles. The summed E-state index contributed by atoms with van der Waals surface area (Å²) >= 11 is 0. The summed E-state index contributed by atoms with van der Waals surface area (Å²) in [7, 11) is 0. The van der Waals surface area contributed by atoms with Crippen molar-refractivity contribution in [2.75, 3.05) is 31.7 Å². The Morgan fingerprint density at radius 2 is 1.79 bits per heavy atom. The maximum atomic E-state index is 12.7. The number of hydrogen-bond acceptors (Lipinski definition) is 8. The minimum atomic E-state index is -0.773. The molecule has 4 rings (SSSR count). The van der Waals surface area contributed by atoms with Crippen molar-refractivity contribution in [3.63, 3.8) is 0 Å². The molecule has 0 unspecified atom stereocenters. The van der Waals surface area contributed by atoms with Gasteiger partial charge in [0.25, 0.3) is 11.5 Å². The fraction of sp³-hybridized carbons (Fsp3) is 0.250. The van der Waals surface area contributed by atoms with Gasteiger partial charge in [-0.3, -0.25) is 9.59 Å². The van der Waals surface area contributed by atoms with Gasteiger partial charge in [-0.1, -0.05) is 17.7 Å². The number of aryl methyl sites for hydroxylation is 1. The van der Waals surface area contributed by atoms with Crippen LogP contribution in [0.1, 0.15) is 23.0 Å². The van der Waals surface area contributed by atoms with Crippen molar-refractivity contribution in [2.24, 2.45) is 0 Å². The highest BCUT2D eigenvalue weighted by atomic mass is 16.6. The molecule has 176 valence electrons. The van der Waals surface area contributed by atoms with Gasteiger partial charge in [-0.2, -0.15) is 9.78 Å². The molecule has 1 N–H and O–H groups in total. The molecule has 3 aromatic rings. The molecule has 0 spiro atoms. The third-order valence-electron chi connectivity index (χ3n) is 4.83. The number of nitrogens with zero attached hydrogens (tertiary/aromatic N) is 2. The molecular weight excluding hydrogens is 442 g/mol. The second-order valence-corrected chi connectivity index (χ2v) is 7.36. The van der Waals surface area contributed by atoms with Crippen molar-refractivity contribution in [2.45, 2.75) is 13.8 Å². The number of rotatable bonds is 7. The number of fused-ring (bicyclic) bond motifs is 1. The van der Waals surface area contributed by atoms with Crippen LogP contribution in [0.5, 0.6) is 17.2 Å². The summed E-state index contributed by atoms with van der Waals surface area (Å²) in [6.45, 7) is 4.09. The van der Waals surface area contributed by atoms with Crippen molar-refractivity contribution in [3.05, 3.63) is 70.1 Å². The molecule has 0 radical (unpaired) electrons. The lowest BCUT2D eigenvalue weighted by molar-refractivity contribution is -0.118. The van der Waals surface area contributed by atoms with E-state index in [9.17, 15) is 14.4 Å². The van der Waals surface area contributed by atoms with Crippen molar-refractivity contribution < 1.29 is 28.5 Å². The summed E-state index contributed by atoms with van der Waals surface area (Å²) in [6, 6.07) is 13.2. The number of aromatic nitrogens is 2. The molecule has 10 nitrogen and oxygen atoms in total. The van der Waals surface area contributed by atoms with E-state index >= 15 is 0 Å². The molecule has 0 bridgehead atoms. The molecule has 0 atom stereocenters. The van der Waals surface area contributed by atoms with E-state index < -0.39 is 24.0 Å². The molecule has 0 saturated heterocycles. The third kappa shape index (κ3) is 5.17. The molecule has 2 aromatic carbocycles. The van der Waals surface area contributed by atoms with Gasteiger partial charge in [0.05, 0.1) is 18.4 Å². The summed E-state index contributed by atoms with van der Waals surface area (Å²) < 4.78 is 22.6. The Morgan fingerprint density at radius 1 is 1.06 bits per heavy atom. The Bertz CT molecular complexity index is 1270. The highest BCUT2D eigenvalue weighted by molar-refractivity contribution is 5.93. The van der Waals surface area contributed by atoms with Crippen LogP contribution in [0.3, 0.4) is 0 Å². The highest BCUT2D eigenvalue weighted by Gasteiger charge is 2.21. The van der Waals surface area contributed by atoms with Crippen LogP contribution >= 0.6 is 0 Å². The Hall–Kier alpha value is -4.34. The lowest BCUT2D eigenvalue weighted by Gasteiger charge is -2.19. The van der Waals surface area contributed by atoms with Gasteiger partial charge >= 0.3 is 5.97 Å². The van der Waals surface area contributed by atoms with Gasteiger partial charge in [-0.15, -0.1) is 0 Å². The van der Waals surface area contributed by atoms with Crippen molar-refractivity contribution in [1.29, 1.82) is 0 Å². The second kappa shape index (κ2) is 10.1. The number of ether oxygens (including phenoxy) is 4. The maximum absolute atomic E-state index is 12.7. The van der Waals surface area contributed by atoms with Gasteiger partial charge in [0.1, 0.15) is 13.2 Å². The first-order valence-electron chi connectivity index (χ1n) is 10.7. The molecule has 1 aromatic heterocycles. The van der Waals surface area contributed by atoms with E-state index in [4.69, 9.17) is 18.9 Å². The van der Waals surface area contributed by atoms with Gasteiger partial charge < -0.3 is 24.3 Å². The zero-order chi connectivity index (χ0) is 24.1. The van der Waals surface area contributed by atoms with Crippen molar-refractivity contribution in [3.8, 4) is 22.9 Å². The summed E-state index contributed by atoms with van der Waals surface area (Å²) in [5.41, 5.74) is 1.22. The zero-order valence-electron chi connectivity index (χ0n) is 18.7. The minimum Gasteiger partial charge on any atom is -0.486 e. The molecule has 1 amide bonds. The summed E-state index contributed by atoms with van der Waals surface area (Å²) in [6.07, 6.45) is 0. The Balaban J connectivity index is 1.52. The lowest BCUT2D eigenvalue weighted by Crippen LogP contribution is -2.27. The molecule has 1 aliphatic heterocycles. The van der Waals surface area contributed by atoms with Crippen LogP contribution in [-0.4, -0.2) is 48.1 Å². The molecule has 10 heteroatoms. The normalized spacial score (nSPS) is 12.1. The van der Waals surface area contributed by atoms with Gasteiger partial charge in [0.15, 0.2) is 23.9 Å². The van der Waals surface area contributed by atoms with E-state index in [1.165, 1.54) is 0 Å². The first-order chi connectivity index (χ1) is 16.4. The molecule has 0 fully saturated rings. The van der Waals surface area contributed by atoms with Crippen LogP contribution in [0.15, 0.2) is 53.3 Å². The van der Waals surface area contributed by atoms with E-state index in [-0.39, 0.29) is 18.1 Å². The monoisotopic (exact) mass is 465 g/mol. The van der Waals surface area contributed by atoms with Crippen molar-refractivity contribution in [1.82, 2.24) is 9.78 Å². The van der Waals surface area contributed by atoms with Crippen LogP contribution < -0.4 is 25.1 Å². The first-order valence-corrected chi connectivity index (χ1v) is 10.7. The Kier molecular flexibility index (Phi) is 6.77. The van der Waals surface area contributed by atoms with E-state index in [0.717, 1.165) is 16.3 Å². The molecular formula is C24H23N3O7. The summed E-state index contributed by atoms with van der Waals surface area (Å²) in [4.78, 5) is 37.6. The van der Waals surface area contributed by atoms with Gasteiger partial charge in [-0.05, 0) is 38.1 Å². The Morgan fingerprint density at radius 3 is 2.53 bits per heavy atom. The van der Waals surface area contributed by atoms with E-state index in [0.29, 0.717) is 36.1 Å². The number of benzene rings is 2. The summed E-state index contributed by atoms with van der Waals surface area (Å²) in [5, 5.41) is 6.82. The minimum absolute atomic E-state index is 0.105. The van der Waals surface area contributed by atoms with Crippen LogP contribution in [0.25, 0.3) is 5.69 Å². The first kappa shape index (κ1) is 22.8. The maximum Gasteiger partial charge on any atom is 0.362 e. The standard InChI is InChI=1S/C24H23N3O7/c1-3-31-24(30)23-20(13-22(29)27(26-23)17-7-4-15(2)5-8-17)34-14-21(28)25-16-6-9-18-19(12-16)33-11-10-32-18/h4-9,12-13H,3,10-11,14H2,1-2H3,(H,25,28). The molecule has 2 heterocycles. The molecule has 0 aliphatic carbocycles. The molecule has 34 heavy (non-hydrogen) atoms. The predicted molar refractivity (Wildman–Crippen MR) is 122 cm³/mol. The number of hydrogen-bond donors (Lipinski definition) is 1. The van der Waals surface area contributed by atoms with E-state index in [1.54, 1.807) is 37.3 Å². The van der Waals surface area contributed by atoms with Crippen LogP contribution in [0, 0.1) is 6.92 Å². The largest absolute Gasteiger partial charge is 0.486 e. The topological polar surface area (TPSA) is 118 Å². The fourth-order valence-electron chi connectivity index (χ4n) is 3.22. The number of carbonyl (C=O) groups excluding carboxylic acids is 2. The lowest BCUT2D eigenvalue weighted by atomic mass is 10.2. The number of amides is 1. The van der Waals surface area contributed by atoms with Gasteiger partial charge in [-0.25, -0.2) is 4.79 Å².